The highest BCUT2D eigenvalue weighted by atomic mass is 16.5. The van der Waals surface area contributed by atoms with Crippen LogP contribution in [0.4, 0.5) is 5.69 Å². The zero-order chi connectivity index (χ0) is 13.1. The minimum Gasteiger partial charge on any atom is -0.439 e. The van der Waals surface area contributed by atoms with E-state index >= 15 is 0 Å². The maximum absolute atomic E-state index is 5.62. The Bertz CT molecular complexity index is 645. The van der Waals surface area contributed by atoms with Gasteiger partial charge in [-0.05, 0) is 23.8 Å². The molecule has 0 fully saturated rings. The fraction of sp³-hybridized carbons (Fsp3) is 0. The molecule has 2 aromatic heterocycles. The Kier molecular flexibility index (Phi) is 2.86. The van der Waals surface area contributed by atoms with E-state index in [1.807, 2.05) is 30.5 Å². The second-order valence-corrected chi connectivity index (χ2v) is 4.04. The van der Waals surface area contributed by atoms with E-state index in [2.05, 4.69) is 15.2 Å². The summed E-state index contributed by atoms with van der Waals surface area (Å²) in [5.74, 6) is 1.25. The number of nitrogens with two attached hydrogens (primary N) is 1. The Morgan fingerprint density at radius 1 is 0.947 bits per heavy atom. The van der Waals surface area contributed by atoms with Crippen molar-refractivity contribution >= 4 is 5.69 Å². The molecule has 3 aromatic rings. The summed E-state index contributed by atoms with van der Waals surface area (Å²) in [6, 6.07) is 11.2. The lowest BCUT2D eigenvalue weighted by atomic mass is 10.1. The molecule has 0 saturated heterocycles. The quantitative estimate of drug-likeness (QED) is 0.751. The summed E-state index contributed by atoms with van der Waals surface area (Å²) in [5, 5.41) is 6.70. The minimum absolute atomic E-state index is 0.519. The fourth-order valence-corrected chi connectivity index (χ4v) is 1.70. The summed E-state index contributed by atoms with van der Waals surface area (Å²) in [5.41, 5.74) is 8.30. The van der Waals surface area contributed by atoms with Crippen LogP contribution in [0.3, 0.4) is 0 Å². The van der Waals surface area contributed by atoms with E-state index in [4.69, 9.17) is 10.5 Å². The normalized spacial score (nSPS) is 10.3. The Labute approximate surface area is 110 Å². The van der Waals surface area contributed by atoms with Gasteiger partial charge in [0.25, 0.3) is 0 Å². The van der Waals surface area contributed by atoms with Crippen molar-refractivity contribution in [2.75, 3.05) is 5.73 Å². The molecule has 5 nitrogen and oxygen atoms in total. The van der Waals surface area contributed by atoms with E-state index in [0.717, 1.165) is 16.9 Å². The van der Waals surface area contributed by atoms with Gasteiger partial charge >= 0.3 is 0 Å². The standard InChI is InChI=1S/C14H12N4O/c15-12-3-6-14(16-9-12)19-13-4-1-10(2-5-13)11-7-17-18-8-11/h1-9H,15H2,(H,17,18). The Morgan fingerprint density at radius 3 is 2.42 bits per heavy atom. The van der Waals surface area contributed by atoms with E-state index in [0.29, 0.717) is 11.6 Å². The van der Waals surface area contributed by atoms with Gasteiger partial charge in [-0.15, -0.1) is 0 Å². The molecular formula is C14H12N4O. The fourth-order valence-electron chi connectivity index (χ4n) is 1.70. The van der Waals surface area contributed by atoms with Crippen LogP contribution in [0.15, 0.2) is 55.0 Å². The third-order valence-electron chi connectivity index (χ3n) is 2.67. The molecule has 3 rings (SSSR count). The van der Waals surface area contributed by atoms with Crippen LogP contribution in [0.1, 0.15) is 0 Å². The Hall–Kier alpha value is -2.82. The van der Waals surface area contributed by atoms with Gasteiger partial charge in [0.15, 0.2) is 0 Å². The number of nitrogens with zero attached hydrogens (tertiary/aromatic N) is 2. The van der Waals surface area contributed by atoms with Crippen LogP contribution in [0.25, 0.3) is 11.1 Å². The maximum atomic E-state index is 5.62. The molecule has 94 valence electrons. The van der Waals surface area contributed by atoms with E-state index in [1.165, 1.54) is 0 Å². The van der Waals surface area contributed by atoms with Crippen molar-refractivity contribution in [1.29, 1.82) is 0 Å². The number of ether oxygens (including phenoxy) is 1. The van der Waals surface area contributed by atoms with E-state index in [-0.39, 0.29) is 0 Å². The SMILES string of the molecule is Nc1ccc(Oc2ccc(-c3cn[nH]c3)cc2)nc1. The molecule has 0 aliphatic rings. The third kappa shape index (κ3) is 2.55. The van der Waals surface area contributed by atoms with Crippen molar-refractivity contribution in [2.24, 2.45) is 0 Å². The zero-order valence-electron chi connectivity index (χ0n) is 10.1. The minimum atomic E-state index is 0.519. The molecule has 0 atom stereocenters. The summed E-state index contributed by atoms with van der Waals surface area (Å²) in [6.45, 7) is 0. The van der Waals surface area contributed by atoms with E-state index < -0.39 is 0 Å². The summed E-state index contributed by atoms with van der Waals surface area (Å²) in [7, 11) is 0. The molecule has 0 saturated carbocycles. The highest BCUT2D eigenvalue weighted by molar-refractivity contribution is 5.62. The molecule has 0 unspecified atom stereocenters. The van der Waals surface area contributed by atoms with Gasteiger partial charge in [-0.3, -0.25) is 5.10 Å². The van der Waals surface area contributed by atoms with Crippen molar-refractivity contribution in [3.63, 3.8) is 0 Å². The smallest absolute Gasteiger partial charge is 0.219 e. The van der Waals surface area contributed by atoms with Gasteiger partial charge in [0.05, 0.1) is 18.1 Å². The number of pyridine rings is 1. The van der Waals surface area contributed by atoms with Crippen molar-refractivity contribution in [1.82, 2.24) is 15.2 Å². The van der Waals surface area contributed by atoms with Gasteiger partial charge in [0, 0.05) is 17.8 Å². The van der Waals surface area contributed by atoms with Crippen LogP contribution in [-0.2, 0) is 0 Å². The largest absolute Gasteiger partial charge is 0.439 e. The predicted molar refractivity (Wildman–Crippen MR) is 72.7 cm³/mol. The topological polar surface area (TPSA) is 76.8 Å². The number of anilines is 1. The van der Waals surface area contributed by atoms with Crippen molar-refractivity contribution in [2.45, 2.75) is 0 Å². The molecule has 0 amide bonds. The molecule has 0 aliphatic carbocycles. The average Bonchev–Trinajstić information content (AvgIpc) is 2.96. The molecule has 1 aromatic carbocycles. The number of aromatic nitrogens is 3. The van der Waals surface area contributed by atoms with Gasteiger partial charge in [0.2, 0.25) is 5.88 Å². The molecule has 0 bridgehead atoms. The molecule has 19 heavy (non-hydrogen) atoms. The predicted octanol–water partition coefficient (Wildman–Crippen LogP) is 2.85. The molecule has 0 radical (unpaired) electrons. The average molecular weight is 252 g/mol. The van der Waals surface area contributed by atoms with Crippen molar-refractivity contribution < 1.29 is 4.74 Å². The second-order valence-electron chi connectivity index (χ2n) is 4.04. The zero-order valence-corrected chi connectivity index (χ0v) is 10.1. The van der Waals surface area contributed by atoms with Crippen molar-refractivity contribution in [3.8, 4) is 22.8 Å². The van der Waals surface area contributed by atoms with Crippen LogP contribution in [0.5, 0.6) is 11.6 Å². The van der Waals surface area contributed by atoms with Crippen LogP contribution < -0.4 is 10.5 Å². The van der Waals surface area contributed by atoms with Gasteiger partial charge < -0.3 is 10.5 Å². The number of aromatic amines is 1. The first kappa shape index (κ1) is 11.3. The van der Waals surface area contributed by atoms with Crippen LogP contribution in [0, 0.1) is 0 Å². The molecule has 3 N–H and O–H groups in total. The first-order valence-corrected chi connectivity index (χ1v) is 5.80. The highest BCUT2D eigenvalue weighted by Gasteiger charge is 2.01. The maximum Gasteiger partial charge on any atom is 0.219 e. The number of benzene rings is 1. The number of rotatable bonds is 3. The Balaban J connectivity index is 1.77. The van der Waals surface area contributed by atoms with Gasteiger partial charge in [-0.1, -0.05) is 12.1 Å². The van der Waals surface area contributed by atoms with Gasteiger partial charge in [-0.25, -0.2) is 4.98 Å². The highest BCUT2D eigenvalue weighted by Crippen LogP contribution is 2.24. The van der Waals surface area contributed by atoms with Crippen LogP contribution >= 0.6 is 0 Å². The van der Waals surface area contributed by atoms with Gasteiger partial charge in [-0.2, -0.15) is 5.10 Å². The van der Waals surface area contributed by atoms with Gasteiger partial charge in [0.1, 0.15) is 5.75 Å². The molecule has 2 heterocycles. The van der Waals surface area contributed by atoms with E-state index in [1.54, 1.807) is 24.5 Å². The lowest BCUT2D eigenvalue weighted by Gasteiger charge is -2.05. The van der Waals surface area contributed by atoms with Crippen molar-refractivity contribution in [3.05, 3.63) is 55.0 Å². The van der Waals surface area contributed by atoms with Crippen LogP contribution in [0.2, 0.25) is 0 Å². The lowest BCUT2D eigenvalue weighted by Crippen LogP contribution is -1.90. The third-order valence-corrected chi connectivity index (χ3v) is 2.67. The number of H-pyrrole nitrogens is 1. The number of hydrogen-bond donors (Lipinski definition) is 2. The summed E-state index contributed by atoms with van der Waals surface area (Å²) >= 11 is 0. The summed E-state index contributed by atoms with van der Waals surface area (Å²) in [6.07, 6.45) is 5.18. The summed E-state index contributed by atoms with van der Waals surface area (Å²) in [4.78, 5) is 4.08. The number of hydrogen-bond acceptors (Lipinski definition) is 4. The Morgan fingerprint density at radius 2 is 1.79 bits per heavy atom. The lowest BCUT2D eigenvalue weighted by molar-refractivity contribution is 0.463. The molecular weight excluding hydrogens is 240 g/mol. The first-order chi connectivity index (χ1) is 9.31. The van der Waals surface area contributed by atoms with Crippen LogP contribution in [-0.4, -0.2) is 15.2 Å². The summed E-state index contributed by atoms with van der Waals surface area (Å²) < 4.78 is 5.62. The monoisotopic (exact) mass is 252 g/mol. The van der Waals surface area contributed by atoms with E-state index in [9.17, 15) is 0 Å². The molecule has 0 spiro atoms. The molecule has 5 heteroatoms. The second kappa shape index (κ2) is 4.81. The first-order valence-electron chi connectivity index (χ1n) is 5.80. The number of nitrogen functional groups attached to an aromatic ring is 1. The number of nitrogens with one attached hydrogen (secondary N) is 1. The molecule has 0 aliphatic heterocycles.